The van der Waals surface area contributed by atoms with Gasteiger partial charge in [0.2, 0.25) is 0 Å². The molecule has 0 radical (unpaired) electrons. The van der Waals surface area contributed by atoms with Gasteiger partial charge in [-0.25, -0.2) is 9.97 Å². The number of hydrogen-bond donors (Lipinski definition) is 0. The molecular weight excluding hydrogens is 382 g/mol. The van der Waals surface area contributed by atoms with E-state index in [1.807, 2.05) is 24.3 Å². The average Bonchev–Trinajstić information content (AvgIpc) is 2.38. The third-order valence-electron chi connectivity index (χ3n) is 2.80. The van der Waals surface area contributed by atoms with Crippen molar-refractivity contribution in [2.75, 3.05) is 0 Å². The molecule has 2 aromatic carbocycles. The fraction of sp³-hybridized carbons (Fsp3) is 0. The summed E-state index contributed by atoms with van der Waals surface area (Å²) in [5.74, 6) is 0.474. The molecule has 0 fully saturated rings. The Hall–Kier alpha value is -0.870. The zero-order valence-electron chi connectivity index (χ0n) is 9.87. The molecule has 0 atom stereocenters. The predicted molar refractivity (Wildman–Crippen MR) is 87.7 cm³/mol. The zero-order valence-corrected chi connectivity index (χ0v) is 13.7. The number of aromatic nitrogens is 2. The third kappa shape index (κ3) is 2.51. The Morgan fingerprint density at radius 1 is 0.900 bits per heavy atom. The van der Waals surface area contributed by atoms with Crippen LogP contribution in [-0.2, 0) is 0 Å². The van der Waals surface area contributed by atoms with E-state index >= 15 is 0 Å². The van der Waals surface area contributed by atoms with Crippen molar-refractivity contribution in [1.29, 1.82) is 0 Å². The van der Waals surface area contributed by atoms with E-state index in [0.717, 1.165) is 10.0 Å². The smallest absolute Gasteiger partial charge is 0.162 e. The normalized spacial score (nSPS) is 11.0. The van der Waals surface area contributed by atoms with Gasteiger partial charge in [0.15, 0.2) is 5.82 Å². The molecule has 20 heavy (non-hydrogen) atoms. The molecule has 0 spiro atoms. The molecule has 2 nitrogen and oxygen atoms in total. The molecule has 0 saturated carbocycles. The molecule has 100 valence electrons. The summed E-state index contributed by atoms with van der Waals surface area (Å²) in [6, 6.07) is 10.9. The van der Waals surface area contributed by atoms with Crippen LogP contribution in [0.2, 0.25) is 15.2 Å². The van der Waals surface area contributed by atoms with Crippen LogP contribution in [0.4, 0.5) is 0 Å². The lowest BCUT2D eigenvalue weighted by Crippen LogP contribution is -1.93. The van der Waals surface area contributed by atoms with Crippen LogP contribution in [0.3, 0.4) is 0 Å². The van der Waals surface area contributed by atoms with Crippen molar-refractivity contribution in [3.63, 3.8) is 0 Å². The monoisotopic (exact) mass is 386 g/mol. The molecule has 6 heteroatoms. The lowest BCUT2D eigenvalue weighted by Gasteiger charge is -2.07. The maximum atomic E-state index is 6.22. The van der Waals surface area contributed by atoms with Crippen LogP contribution >= 0.6 is 50.7 Å². The third-order valence-corrected chi connectivity index (χ3v) is 4.19. The molecule has 3 rings (SSSR count). The molecule has 1 aromatic heterocycles. The van der Waals surface area contributed by atoms with E-state index in [1.165, 1.54) is 0 Å². The summed E-state index contributed by atoms with van der Waals surface area (Å²) in [4.78, 5) is 8.77. The van der Waals surface area contributed by atoms with Crippen LogP contribution in [0.25, 0.3) is 22.3 Å². The highest BCUT2D eigenvalue weighted by Crippen LogP contribution is 2.33. The summed E-state index contributed by atoms with van der Waals surface area (Å²) in [5, 5.41) is 2.04. The van der Waals surface area contributed by atoms with Crippen molar-refractivity contribution in [3.8, 4) is 11.4 Å². The molecule has 0 unspecified atom stereocenters. The van der Waals surface area contributed by atoms with Crippen molar-refractivity contribution >= 4 is 61.6 Å². The summed E-state index contributed by atoms with van der Waals surface area (Å²) in [7, 11) is 0. The molecule has 0 aliphatic rings. The second-order valence-corrected chi connectivity index (χ2v) is 6.18. The van der Waals surface area contributed by atoms with Crippen LogP contribution in [0.1, 0.15) is 0 Å². The predicted octanol–water partition coefficient (Wildman–Crippen LogP) is 6.02. The number of benzene rings is 2. The number of nitrogens with zero attached hydrogens (tertiary/aromatic N) is 2. The van der Waals surface area contributed by atoms with E-state index in [-0.39, 0.29) is 0 Å². The SMILES string of the molecule is Clc1cc(Br)ccc1-c1nc(Cl)c2c(Cl)cccc2n1. The fourth-order valence-electron chi connectivity index (χ4n) is 1.89. The van der Waals surface area contributed by atoms with E-state index in [1.54, 1.807) is 12.1 Å². The van der Waals surface area contributed by atoms with Gasteiger partial charge in [0.05, 0.1) is 20.9 Å². The van der Waals surface area contributed by atoms with Gasteiger partial charge in [-0.1, -0.05) is 56.8 Å². The van der Waals surface area contributed by atoms with Gasteiger partial charge in [0, 0.05) is 10.0 Å². The standard InChI is InChI=1S/C14H6BrCl3N2/c15-7-4-5-8(10(17)6-7)14-19-11-3-1-2-9(16)12(11)13(18)20-14/h1-6H. The van der Waals surface area contributed by atoms with Crippen molar-refractivity contribution in [1.82, 2.24) is 9.97 Å². The molecular formula is C14H6BrCl3N2. The van der Waals surface area contributed by atoms with E-state index < -0.39 is 0 Å². The van der Waals surface area contributed by atoms with Crippen LogP contribution in [0.5, 0.6) is 0 Å². The minimum atomic E-state index is 0.314. The summed E-state index contributed by atoms with van der Waals surface area (Å²) in [6.45, 7) is 0. The highest BCUT2D eigenvalue weighted by molar-refractivity contribution is 9.10. The van der Waals surface area contributed by atoms with Gasteiger partial charge in [0.25, 0.3) is 0 Å². The van der Waals surface area contributed by atoms with Gasteiger partial charge in [-0.05, 0) is 30.3 Å². The first kappa shape index (κ1) is 14.1. The second-order valence-electron chi connectivity index (χ2n) is 4.10. The number of halogens is 4. The van der Waals surface area contributed by atoms with Gasteiger partial charge in [-0.3, -0.25) is 0 Å². The molecule has 0 aliphatic heterocycles. The highest BCUT2D eigenvalue weighted by Gasteiger charge is 2.12. The van der Waals surface area contributed by atoms with E-state index in [4.69, 9.17) is 34.8 Å². The van der Waals surface area contributed by atoms with Crippen LogP contribution in [0.15, 0.2) is 40.9 Å². The molecule has 0 bridgehead atoms. The van der Waals surface area contributed by atoms with Crippen molar-refractivity contribution in [3.05, 3.63) is 56.1 Å². The summed E-state index contributed by atoms with van der Waals surface area (Å²) >= 11 is 21.9. The Bertz CT molecular complexity index is 821. The Labute approximate surface area is 138 Å². The first-order valence-electron chi connectivity index (χ1n) is 5.63. The van der Waals surface area contributed by atoms with Crippen LogP contribution < -0.4 is 0 Å². The van der Waals surface area contributed by atoms with Crippen molar-refractivity contribution < 1.29 is 0 Å². The summed E-state index contributed by atoms with van der Waals surface area (Å²) < 4.78 is 0.890. The Kier molecular flexibility index (Phi) is 3.87. The first-order chi connectivity index (χ1) is 9.56. The van der Waals surface area contributed by atoms with Crippen LogP contribution in [0, 0.1) is 0 Å². The van der Waals surface area contributed by atoms with Gasteiger partial charge in [-0.15, -0.1) is 0 Å². The van der Waals surface area contributed by atoms with E-state index in [2.05, 4.69) is 25.9 Å². The molecule has 0 amide bonds. The van der Waals surface area contributed by atoms with Crippen molar-refractivity contribution in [2.24, 2.45) is 0 Å². The molecule has 0 saturated heterocycles. The number of rotatable bonds is 1. The molecule has 1 heterocycles. The largest absolute Gasteiger partial charge is 0.228 e. The minimum Gasteiger partial charge on any atom is -0.228 e. The van der Waals surface area contributed by atoms with Gasteiger partial charge < -0.3 is 0 Å². The number of fused-ring (bicyclic) bond motifs is 1. The Morgan fingerprint density at radius 2 is 1.70 bits per heavy atom. The Balaban J connectivity index is 2.28. The van der Waals surface area contributed by atoms with Gasteiger partial charge in [0.1, 0.15) is 5.15 Å². The average molecular weight is 388 g/mol. The van der Waals surface area contributed by atoms with Crippen LogP contribution in [-0.4, -0.2) is 9.97 Å². The lowest BCUT2D eigenvalue weighted by atomic mass is 10.2. The lowest BCUT2D eigenvalue weighted by molar-refractivity contribution is 1.23. The molecule has 0 N–H and O–H groups in total. The minimum absolute atomic E-state index is 0.314. The van der Waals surface area contributed by atoms with Gasteiger partial charge >= 0.3 is 0 Å². The van der Waals surface area contributed by atoms with Gasteiger partial charge in [-0.2, -0.15) is 0 Å². The second kappa shape index (κ2) is 5.49. The topological polar surface area (TPSA) is 25.8 Å². The first-order valence-corrected chi connectivity index (χ1v) is 7.56. The maximum Gasteiger partial charge on any atom is 0.162 e. The highest BCUT2D eigenvalue weighted by atomic mass is 79.9. The van der Waals surface area contributed by atoms with E-state index in [9.17, 15) is 0 Å². The zero-order chi connectivity index (χ0) is 14.3. The summed E-state index contributed by atoms with van der Waals surface area (Å²) in [6.07, 6.45) is 0. The molecule has 0 aliphatic carbocycles. The van der Waals surface area contributed by atoms with Crippen molar-refractivity contribution in [2.45, 2.75) is 0 Å². The van der Waals surface area contributed by atoms with E-state index in [0.29, 0.717) is 31.9 Å². The fourth-order valence-corrected chi connectivity index (χ4v) is 3.23. The Morgan fingerprint density at radius 3 is 2.45 bits per heavy atom. The quantitative estimate of drug-likeness (QED) is 0.477. The summed E-state index contributed by atoms with van der Waals surface area (Å²) in [5.41, 5.74) is 1.41. The maximum absolute atomic E-state index is 6.22. The number of hydrogen-bond acceptors (Lipinski definition) is 2. The molecule has 3 aromatic rings.